The summed E-state index contributed by atoms with van der Waals surface area (Å²) >= 11 is 5.92. The topological polar surface area (TPSA) is 44.3 Å². The lowest BCUT2D eigenvalue weighted by Gasteiger charge is -2.32. The Morgan fingerprint density at radius 1 is 1.08 bits per heavy atom. The van der Waals surface area contributed by atoms with Gasteiger partial charge in [-0.25, -0.2) is 4.98 Å². The molecule has 2 heterocycles. The molecule has 1 N–H and O–H groups in total. The zero-order valence-electron chi connectivity index (χ0n) is 14.3. The van der Waals surface area contributed by atoms with Gasteiger partial charge in [0.15, 0.2) is 0 Å². The van der Waals surface area contributed by atoms with Gasteiger partial charge in [-0.3, -0.25) is 0 Å². The average molecular weight is 346 g/mol. The standard InChI is InChI=1S/C18H24ClN5/c1-14-13-17(20-8-7-15-3-5-16(19)6-4-15)22-18(21-14)24-11-9-23(2)10-12-24/h3-6,13H,7-12H2,1-2H3,(H,20,21,22). The molecule has 128 valence electrons. The maximum atomic E-state index is 5.92. The van der Waals surface area contributed by atoms with E-state index in [4.69, 9.17) is 16.6 Å². The summed E-state index contributed by atoms with van der Waals surface area (Å²) in [6.45, 7) is 6.91. The Balaban J connectivity index is 1.60. The summed E-state index contributed by atoms with van der Waals surface area (Å²) in [5, 5.41) is 4.19. The number of nitrogens with zero attached hydrogens (tertiary/aromatic N) is 4. The van der Waals surface area contributed by atoms with Gasteiger partial charge in [-0.05, 0) is 38.1 Å². The molecule has 3 rings (SSSR count). The molecule has 1 aromatic heterocycles. The molecule has 0 aliphatic carbocycles. The second-order valence-corrected chi connectivity index (χ2v) is 6.72. The average Bonchev–Trinajstić information content (AvgIpc) is 2.57. The molecule has 24 heavy (non-hydrogen) atoms. The largest absolute Gasteiger partial charge is 0.370 e. The molecule has 0 spiro atoms. The van der Waals surface area contributed by atoms with Crippen LogP contribution in [-0.2, 0) is 6.42 Å². The summed E-state index contributed by atoms with van der Waals surface area (Å²) in [6, 6.07) is 9.98. The first kappa shape index (κ1) is 17.0. The second kappa shape index (κ2) is 7.81. The lowest BCUT2D eigenvalue weighted by Crippen LogP contribution is -2.45. The van der Waals surface area contributed by atoms with Crippen LogP contribution in [0.1, 0.15) is 11.3 Å². The van der Waals surface area contributed by atoms with Gasteiger partial charge in [0.05, 0.1) is 0 Å². The number of hydrogen-bond acceptors (Lipinski definition) is 5. The van der Waals surface area contributed by atoms with Crippen molar-refractivity contribution in [2.75, 3.05) is 50.0 Å². The lowest BCUT2D eigenvalue weighted by atomic mass is 10.1. The molecule has 0 amide bonds. The SMILES string of the molecule is Cc1cc(NCCc2ccc(Cl)cc2)nc(N2CCN(C)CC2)n1. The Morgan fingerprint density at radius 2 is 1.79 bits per heavy atom. The fraction of sp³-hybridized carbons (Fsp3) is 0.444. The van der Waals surface area contributed by atoms with E-state index in [0.29, 0.717) is 0 Å². The number of benzene rings is 1. The number of aromatic nitrogens is 2. The van der Waals surface area contributed by atoms with E-state index in [1.54, 1.807) is 0 Å². The molecule has 1 aliphatic heterocycles. The van der Waals surface area contributed by atoms with Gasteiger partial charge in [0.2, 0.25) is 5.95 Å². The third-order valence-electron chi connectivity index (χ3n) is 4.26. The summed E-state index contributed by atoms with van der Waals surface area (Å²) in [4.78, 5) is 13.9. The number of piperazine rings is 1. The first-order valence-corrected chi connectivity index (χ1v) is 8.75. The molecule has 2 aromatic rings. The zero-order chi connectivity index (χ0) is 16.9. The first-order valence-electron chi connectivity index (χ1n) is 8.37. The highest BCUT2D eigenvalue weighted by Crippen LogP contribution is 2.16. The minimum atomic E-state index is 0.773. The van der Waals surface area contributed by atoms with Crippen LogP contribution in [0, 0.1) is 6.92 Å². The first-order chi connectivity index (χ1) is 11.6. The molecular weight excluding hydrogens is 322 g/mol. The fourth-order valence-electron chi connectivity index (χ4n) is 2.78. The molecule has 0 unspecified atom stereocenters. The van der Waals surface area contributed by atoms with Crippen molar-refractivity contribution in [1.29, 1.82) is 0 Å². The smallest absolute Gasteiger partial charge is 0.227 e. The van der Waals surface area contributed by atoms with Crippen molar-refractivity contribution >= 4 is 23.4 Å². The van der Waals surface area contributed by atoms with Gasteiger partial charge in [0.25, 0.3) is 0 Å². The lowest BCUT2D eigenvalue weighted by molar-refractivity contribution is 0.311. The van der Waals surface area contributed by atoms with Crippen molar-refractivity contribution < 1.29 is 0 Å². The van der Waals surface area contributed by atoms with Crippen LogP contribution in [0.4, 0.5) is 11.8 Å². The third-order valence-corrected chi connectivity index (χ3v) is 4.51. The highest BCUT2D eigenvalue weighted by atomic mass is 35.5. The van der Waals surface area contributed by atoms with E-state index in [1.165, 1.54) is 5.56 Å². The summed E-state index contributed by atoms with van der Waals surface area (Å²) < 4.78 is 0. The van der Waals surface area contributed by atoms with Crippen molar-refractivity contribution in [3.8, 4) is 0 Å². The summed E-state index contributed by atoms with van der Waals surface area (Å²) in [6.07, 6.45) is 0.935. The molecule has 1 aliphatic rings. The van der Waals surface area contributed by atoms with E-state index >= 15 is 0 Å². The number of aryl methyl sites for hydroxylation is 1. The Hall–Kier alpha value is -1.85. The van der Waals surface area contributed by atoms with Crippen molar-refractivity contribution in [3.05, 3.63) is 46.6 Å². The Bertz CT molecular complexity index is 666. The van der Waals surface area contributed by atoms with Crippen LogP contribution in [0.5, 0.6) is 0 Å². The highest BCUT2D eigenvalue weighted by Gasteiger charge is 2.17. The molecule has 5 nitrogen and oxygen atoms in total. The molecule has 0 atom stereocenters. The van der Waals surface area contributed by atoms with Gasteiger partial charge in [0.1, 0.15) is 5.82 Å². The van der Waals surface area contributed by atoms with Crippen LogP contribution >= 0.6 is 11.6 Å². The Kier molecular flexibility index (Phi) is 5.53. The summed E-state index contributed by atoms with van der Waals surface area (Å²) in [5.74, 6) is 1.72. The molecule has 0 saturated carbocycles. The maximum absolute atomic E-state index is 5.92. The van der Waals surface area contributed by atoms with Gasteiger partial charge in [0, 0.05) is 49.5 Å². The van der Waals surface area contributed by atoms with E-state index in [9.17, 15) is 0 Å². The molecule has 0 bridgehead atoms. The minimum Gasteiger partial charge on any atom is -0.370 e. The van der Waals surface area contributed by atoms with Gasteiger partial charge in [-0.2, -0.15) is 4.98 Å². The third kappa shape index (κ3) is 4.58. The molecular formula is C18H24ClN5. The minimum absolute atomic E-state index is 0.773. The fourth-order valence-corrected chi connectivity index (χ4v) is 2.90. The van der Waals surface area contributed by atoms with E-state index in [2.05, 4.69) is 39.3 Å². The maximum Gasteiger partial charge on any atom is 0.227 e. The second-order valence-electron chi connectivity index (χ2n) is 6.29. The van der Waals surface area contributed by atoms with E-state index < -0.39 is 0 Å². The Labute approximate surface area is 148 Å². The van der Waals surface area contributed by atoms with Crippen LogP contribution in [-0.4, -0.2) is 54.6 Å². The predicted octanol–water partition coefficient (Wildman–Crippen LogP) is 2.84. The number of hydrogen-bond donors (Lipinski definition) is 1. The van der Waals surface area contributed by atoms with Gasteiger partial charge in [-0.15, -0.1) is 0 Å². The molecule has 1 saturated heterocycles. The van der Waals surface area contributed by atoms with Crippen LogP contribution in [0.25, 0.3) is 0 Å². The van der Waals surface area contributed by atoms with E-state index in [-0.39, 0.29) is 0 Å². The van der Waals surface area contributed by atoms with E-state index in [1.807, 2.05) is 25.1 Å². The van der Waals surface area contributed by atoms with Gasteiger partial charge >= 0.3 is 0 Å². The number of likely N-dealkylation sites (N-methyl/N-ethyl adjacent to an activating group) is 1. The van der Waals surface area contributed by atoms with Crippen molar-refractivity contribution in [2.45, 2.75) is 13.3 Å². The van der Waals surface area contributed by atoms with Crippen molar-refractivity contribution in [1.82, 2.24) is 14.9 Å². The highest BCUT2D eigenvalue weighted by molar-refractivity contribution is 6.30. The van der Waals surface area contributed by atoms with Crippen molar-refractivity contribution in [2.24, 2.45) is 0 Å². The Morgan fingerprint density at radius 3 is 2.50 bits per heavy atom. The number of anilines is 2. The zero-order valence-corrected chi connectivity index (χ0v) is 15.1. The summed E-state index contributed by atoms with van der Waals surface area (Å²) in [5.41, 5.74) is 2.25. The number of rotatable bonds is 5. The summed E-state index contributed by atoms with van der Waals surface area (Å²) in [7, 11) is 2.15. The van der Waals surface area contributed by atoms with Crippen LogP contribution in [0.2, 0.25) is 5.02 Å². The van der Waals surface area contributed by atoms with Gasteiger partial charge in [-0.1, -0.05) is 23.7 Å². The normalized spacial score (nSPS) is 15.5. The quantitative estimate of drug-likeness (QED) is 0.902. The van der Waals surface area contributed by atoms with Crippen LogP contribution < -0.4 is 10.2 Å². The van der Waals surface area contributed by atoms with Crippen LogP contribution in [0.15, 0.2) is 30.3 Å². The monoisotopic (exact) mass is 345 g/mol. The number of halogens is 1. The van der Waals surface area contributed by atoms with E-state index in [0.717, 1.165) is 61.6 Å². The molecule has 6 heteroatoms. The molecule has 1 aromatic carbocycles. The van der Waals surface area contributed by atoms with Crippen LogP contribution in [0.3, 0.4) is 0 Å². The van der Waals surface area contributed by atoms with Crippen molar-refractivity contribution in [3.63, 3.8) is 0 Å². The van der Waals surface area contributed by atoms with Gasteiger partial charge < -0.3 is 15.1 Å². The molecule has 1 fully saturated rings. The number of nitrogens with one attached hydrogen (secondary N) is 1. The predicted molar refractivity (Wildman–Crippen MR) is 100 cm³/mol. The molecule has 0 radical (unpaired) electrons.